The quantitative estimate of drug-likeness (QED) is 0.902. The first-order valence-electron chi connectivity index (χ1n) is 6.37. The van der Waals surface area contributed by atoms with Crippen molar-refractivity contribution in [2.24, 2.45) is 5.73 Å². The minimum Gasteiger partial charge on any atom is -0.356 e. The molecule has 4 nitrogen and oxygen atoms in total. The number of halogens is 1. The Kier molecular flexibility index (Phi) is 3.87. The van der Waals surface area contributed by atoms with Crippen molar-refractivity contribution >= 4 is 27.5 Å². The van der Waals surface area contributed by atoms with Gasteiger partial charge < -0.3 is 15.5 Å². The molecule has 1 aromatic carbocycles. The van der Waals surface area contributed by atoms with Gasteiger partial charge in [-0.15, -0.1) is 0 Å². The van der Waals surface area contributed by atoms with Gasteiger partial charge in [-0.3, -0.25) is 4.79 Å². The second kappa shape index (κ2) is 5.13. The summed E-state index contributed by atoms with van der Waals surface area (Å²) in [5.41, 5.74) is 6.64. The third-order valence-corrected chi connectivity index (χ3v) is 4.37. The third kappa shape index (κ3) is 2.62. The molecule has 1 fully saturated rings. The van der Waals surface area contributed by atoms with Crippen molar-refractivity contribution < 1.29 is 4.79 Å². The summed E-state index contributed by atoms with van der Waals surface area (Å²) in [7, 11) is 1.85. The summed E-state index contributed by atoms with van der Waals surface area (Å²) < 4.78 is 1.03. The van der Waals surface area contributed by atoms with Crippen LogP contribution >= 0.6 is 15.9 Å². The van der Waals surface area contributed by atoms with Crippen LogP contribution in [-0.2, 0) is 4.79 Å². The molecule has 0 radical (unpaired) electrons. The second-order valence-electron chi connectivity index (χ2n) is 5.57. The lowest BCUT2D eigenvalue weighted by molar-refractivity contribution is -0.138. The summed E-state index contributed by atoms with van der Waals surface area (Å²) in [5, 5.41) is 0. The summed E-state index contributed by atoms with van der Waals surface area (Å²) >= 11 is 3.43. The fourth-order valence-corrected chi connectivity index (χ4v) is 2.68. The van der Waals surface area contributed by atoms with E-state index in [9.17, 15) is 4.79 Å². The number of carbonyl (C=O) groups is 1. The molecule has 1 aliphatic rings. The van der Waals surface area contributed by atoms with Crippen molar-refractivity contribution in [2.75, 3.05) is 25.0 Å². The second-order valence-corrected chi connectivity index (χ2v) is 6.48. The van der Waals surface area contributed by atoms with E-state index in [0.717, 1.165) is 16.7 Å². The lowest BCUT2D eigenvalue weighted by atomic mass is 9.95. The van der Waals surface area contributed by atoms with Gasteiger partial charge in [0.1, 0.15) is 6.04 Å². The molecule has 0 bridgehead atoms. The Hall–Kier alpha value is -1.07. The standard InChI is InChI=1S/C14H20BrN3O/c1-14(2)9-18(11-6-4-10(15)5-7-11)12(8-16)13(19)17(14)3/h4-7,12H,8-9,16H2,1-3H3. The van der Waals surface area contributed by atoms with Gasteiger partial charge in [-0.25, -0.2) is 0 Å². The van der Waals surface area contributed by atoms with Crippen molar-refractivity contribution in [3.8, 4) is 0 Å². The molecule has 1 aromatic rings. The van der Waals surface area contributed by atoms with E-state index in [4.69, 9.17) is 5.73 Å². The number of piperazine rings is 1. The number of nitrogens with two attached hydrogens (primary N) is 1. The number of benzene rings is 1. The van der Waals surface area contributed by atoms with E-state index >= 15 is 0 Å². The lowest BCUT2D eigenvalue weighted by Gasteiger charge is -2.49. The van der Waals surface area contributed by atoms with Crippen molar-refractivity contribution in [2.45, 2.75) is 25.4 Å². The highest BCUT2D eigenvalue weighted by Crippen LogP contribution is 2.29. The van der Waals surface area contributed by atoms with Crippen LogP contribution in [0.3, 0.4) is 0 Å². The molecule has 1 aliphatic heterocycles. The van der Waals surface area contributed by atoms with Crippen LogP contribution in [0.1, 0.15) is 13.8 Å². The largest absolute Gasteiger partial charge is 0.356 e. The Morgan fingerprint density at radius 3 is 2.47 bits per heavy atom. The molecule has 1 atom stereocenters. The van der Waals surface area contributed by atoms with Crippen LogP contribution in [-0.4, -0.2) is 42.5 Å². The van der Waals surface area contributed by atoms with Crippen LogP contribution < -0.4 is 10.6 Å². The normalized spacial score (nSPS) is 22.8. The molecule has 1 saturated heterocycles. The molecule has 1 unspecified atom stereocenters. The first-order chi connectivity index (χ1) is 8.86. The van der Waals surface area contributed by atoms with Crippen molar-refractivity contribution in [3.63, 3.8) is 0 Å². The van der Waals surface area contributed by atoms with Crippen molar-refractivity contribution in [3.05, 3.63) is 28.7 Å². The third-order valence-electron chi connectivity index (χ3n) is 3.84. The highest BCUT2D eigenvalue weighted by Gasteiger charge is 2.42. The Morgan fingerprint density at radius 2 is 1.95 bits per heavy atom. The van der Waals surface area contributed by atoms with Crippen LogP contribution in [0.15, 0.2) is 28.7 Å². The molecule has 5 heteroatoms. The van der Waals surface area contributed by atoms with Gasteiger partial charge >= 0.3 is 0 Å². The van der Waals surface area contributed by atoms with Gasteiger partial charge in [0.2, 0.25) is 5.91 Å². The lowest BCUT2D eigenvalue weighted by Crippen LogP contribution is -2.67. The SMILES string of the molecule is CN1C(=O)C(CN)N(c2ccc(Br)cc2)CC1(C)C. The molecule has 2 rings (SSSR count). The van der Waals surface area contributed by atoms with E-state index in [2.05, 4.69) is 34.7 Å². The maximum absolute atomic E-state index is 12.4. The minimum absolute atomic E-state index is 0.0849. The van der Waals surface area contributed by atoms with Crippen molar-refractivity contribution in [1.29, 1.82) is 0 Å². The average Bonchev–Trinajstić information content (AvgIpc) is 2.37. The minimum atomic E-state index is -0.279. The number of carbonyl (C=O) groups excluding carboxylic acids is 1. The number of hydrogen-bond acceptors (Lipinski definition) is 3. The van der Waals surface area contributed by atoms with E-state index in [0.29, 0.717) is 6.54 Å². The van der Waals surface area contributed by atoms with Crippen LogP contribution in [0.2, 0.25) is 0 Å². The first-order valence-corrected chi connectivity index (χ1v) is 7.16. The van der Waals surface area contributed by atoms with Crippen LogP contribution in [0.5, 0.6) is 0 Å². The molecule has 1 amide bonds. The van der Waals surface area contributed by atoms with Crippen LogP contribution in [0.25, 0.3) is 0 Å². The smallest absolute Gasteiger partial charge is 0.246 e. The van der Waals surface area contributed by atoms with Gasteiger partial charge in [0.25, 0.3) is 0 Å². The molecule has 2 N–H and O–H groups in total. The highest BCUT2D eigenvalue weighted by atomic mass is 79.9. The summed E-state index contributed by atoms with van der Waals surface area (Å²) in [6.07, 6.45) is 0. The maximum Gasteiger partial charge on any atom is 0.246 e. The number of likely N-dealkylation sites (N-methyl/N-ethyl adjacent to an activating group) is 1. The van der Waals surface area contributed by atoms with E-state index < -0.39 is 0 Å². The summed E-state index contributed by atoms with van der Waals surface area (Å²) in [6.45, 7) is 5.25. The first kappa shape index (κ1) is 14.3. The van der Waals surface area contributed by atoms with Crippen LogP contribution in [0, 0.1) is 0 Å². The van der Waals surface area contributed by atoms with Gasteiger partial charge in [-0.2, -0.15) is 0 Å². The predicted octanol–water partition coefficient (Wildman–Crippen LogP) is 1.83. The number of hydrogen-bond donors (Lipinski definition) is 1. The monoisotopic (exact) mass is 325 g/mol. The predicted molar refractivity (Wildman–Crippen MR) is 81.2 cm³/mol. The van der Waals surface area contributed by atoms with Gasteiger partial charge in [-0.05, 0) is 38.1 Å². The topological polar surface area (TPSA) is 49.6 Å². The summed E-state index contributed by atoms with van der Waals surface area (Å²) in [6, 6.07) is 7.72. The molecule has 0 aromatic heterocycles. The molecule has 1 heterocycles. The summed E-state index contributed by atoms with van der Waals surface area (Å²) in [5.74, 6) is 0.0849. The number of anilines is 1. The number of rotatable bonds is 2. The zero-order chi connectivity index (χ0) is 14.2. The number of amides is 1. The van der Waals surface area contributed by atoms with Gasteiger partial charge in [0.05, 0.1) is 5.54 Å². The molecule has 0 spiro atoms. The van der Waals surface area contributed by atoms with E-state index in [-0.39, 0.29) is 17.5 Å². The molecule has 0 aliphatic carbocycles. The molecular weight excluding hydrogens is 306 g/mol. The highest BCUT2D eigenvalue weighted by molar-refractivity contribution is 9.10. The van der Waals surface area contributed by atoms with Gasteiger partial charge in [0, 0.05) is 30.3 Å². The average molecular weight is 326 g/mol. The summed E-state index contributed by atoms with van der Waals surface area (Å²) in [4.78, 5) is 16.3. The molecule has 19 heavy (non-hydrogen) atoms. The Bertz CT molecular complexity index is 472. The molecular formula is C14H20BrN3O. The van der Waals surface area contributed by atoms with E-state index in [1.165, 1.54) is 0 Å². The van der Waals surface area contributed by atoms with E-state index in [1.807, 2.05) is 31.3 Å². The fraction of sp³-hybridized carbons (Fsp3) is 0.500. The van der Waals surface area contributed by atoms with Gasteiger partial charge in [-0.1, -0.05) is 15.9 Å². The van der Waals surface area contributed by atoms with Crippen LogP contribution in [0.4, 0.5) is 5.69 Å². The van der Waals surface area contributed by atoms with Crippen molar-refractivity contribution in [1.82, 2.24) is 4.90 Å². The molecule has 0 saturated carbocycles. The Morgan fingerprint density at radius 1 is 1.37 bits per heavy atom. The Balaban J connectivity index is 2.37. The maximum atomic E-state index is 12.4. The van der Waals surface area contributed by atoms with E-state index in [1.54, 1.807) is 4.90 Å². The molecule has 104 valence electrons. The zero-order valence-electron chi connectivity index (χ0n) is 11.6. The number of nitrogens with zero attached hydrogens (tertiary/aromatic N) is 2. The Labute approximate surface area is 122 Å². The van der Waals surface area contributed by atoms with Gasteiger partial charge in [0.15, 0.2) is 0 Å². The zero-order valence-corrected chi connectivity index (χ0v) is 13.1. The fourth-order valence-electron chi connectivity index (χ4n) is 2.42.